The van der Waals surface area contributed by atoms with Crippen LogP contribution in [0.15, 0.2) is 65.6 Å². The summed E-state index contributed by atoms with van der Waals surface area (Å²) in [5.41, 5.74) is 0.886. The van der Waals surface area contributed by atoms with Gasteiger partial charge in [0.2, 0.25) is 0 Å². The third kappa shape index (κ3) is 3.13. The van der Waals surface area contributed by atoms with Gasteiger partial charge in [-0.3, -0.25) is 0 Å². The van der Waals surface area contributed by atoms with E-state index in [9.17, 15) is 7.67 Å². The fourth-order valence-electron chi connectivity index (χ4n) is 1.42. The van der Waals surface area contributed by atoms with E-state index in [0.717, 1.165) is 5.56 Å². The van der Waals surface area contributed by atoms with Gasteiger partial charge >= 0.3 is 102 Å². The Morgan fingerprint density at radius 2 is 1.29 bits per heavy atom. The van der Waals surface area contributed by atoms with Crippen molar-refractivity contribution in [3.05, 3.63) is 71.2 Å². The molecular weight excluding hydrogens is 279 g/mol. The van der Waals surface area contributed by atoms with Crippen molar-refractivity contribution in [2.45, 2.75) is 0 Å². The Labute approximate surface area is 102 Å². The summed E-state index contributed by atoms with van der Waals surface area (Å²) >= 11 is -4.13. The number of rotatable bonds is 3. The van der Waals surface area contributed by atoms with Crippen molar-refractivity contribution >= 4 is 23.2 Å². The van der Waals surface area contributed by atoms with E-state index in [2.05, 4.69) is 0 Å². The maximum atomic E-state index is 12.0. The normalized spacial score (nSPS) is 11.8. The molecule has 0 radical (unpaired) electrons. The van der Waals surface area contributed by atoms with Crippen LogP contribution in [0.5, 0.6) is 0 Å². The average molecular weight is 291 g/mol. The van der Waals surface area contributed by atoms with Crippen molar-refractivity contribution in [3.63, 3.8) is 0 Å². The maximum absolute atomic E-state index is 12.0. The summed E-state index contributed by atoms with van der Waals surface area (Å²) in [4.78, 5) is 1.31. The first kappa shape index (κ1) is 11.8. The van der Waals surface area contributed by atoms with Crippen LogP contribution in [0.3, 0.4) is 0 Å². The van der Waals surface area contributed by atoms with Crippen molar-refractivity contribution in [2.75, 3.05) is 0 Å². The van der Waals surface area contributed by atoms with Crippen LogP contribution < -0.4 is 4.46 Å². The Balaban J connectivity index is 2.28. The minimum absolute atomic E-state index is 0.385. The predicted octanol–water partition coefficient (Wildman–Crippen LogP) is 2.45. The molecule has 2 rings (SSSR count). The van der Waals surface area contributed by atoms with Gasteiger partial charge in [0.1, 0.15) is 0 Å². The molecule has 0 atom stereocenters. The monoisotopic (exact) mass is 292 g/mol. The number of hydrogen-bond donors (Lipinski definition) is 0. The first-order valence-corrected chi connectivity index (χ1v) is 8.46. The molecule has 0 fully saturated rings. The first-order valence-electron chi connectivity index (χ1n) is 5.22. The molecule has 0 heterocycles. The molecule has 0 bridgehead atoms. The molecule has 3 heteroatoms. The van der Waals surface area contributed by atoms with Crippen LogP contribution in [0.25, 0.3) is 6.08 Å². The van der Waals surface area contributed by atoms with E-state index >= 15 is 0 Å². The molecule has 2 nitrogen and oxygen atoms in total. The fraction of sp³-hybridized carbons (Fsp3) is 0. The molecule has 0 aliphatic rings. The van der Waals surface area contributed by atoms with E-state index in [1.165, 1.54) is 4.97 Å². The van der Waals surface area contributed by atoms with Crippen LogP contribution >= 0.6 is 0 Å². The topological polar surface area (TPSA) is 34.1 Å². The molecule has 86 valence electrons. The van der Waals surface area contributed by atoms with Crippen LogP contribution in [-0.4, -0.2) is 12.7 Å². The van der Waals surface area contributed by atoms with Gasteiger partial charge in [0, 0.05) is 0 Å². The summed E-state index contributed by atoms with van der Waals surface area (Å²) in [6, 6.07) is 17.9. The van der Waals surface area contributed by atoms with Crippen LogP contribution in [0, 0.1) is 0 Å². The van der Waals surface area contributed by atoms with E-state index in [-0.39, 0.29) is 0 Å². The minimum atomic E-state index is -4.13. The zero-order valence-electron chi connectivity index (χ0n) is 9.15. The summed E-state index contributed by atoms with van der Waals surface area (Å²) in [7, 11) is 0. The van der Waals surface area contributed by atoms with E-state index in [4.69, 9.17) is 0 Å². The standard InChI is InChI=1S/C14H12O2Se/c15-17(16,14-9-5-2-6-10-14)12-11-13-7-3-1-4-8-13/h1-12H/b12-11+. The second-order valence-electron chi connectivity index (χ2n) is 3.57. The summed E-state index contributed by atoms with van der Waals surface area (Å²) in [6.45, 7) is 0. The van der Waals surface area contributed by atoms with Crippen molar-refractivity contribution in [2.24, 2.45) is 0 Å². The second kappa shape index (κ2) is 5.09. The van der Waals surface area contributed by atoms with Gasteiger partial charge in [-0.1, -0.05) is 0 Å². The Morgan fingerprint density at radius 1 is 0.765 bits per heavy atom. The molecular formula is C14H12O2Se. The SMILES string of the molecule is O=[Se](=O)(/C=C/c1ccccc1)c1ccccc1. The van der Waals surface area contributed by atoms with Crippen molar-refractivity contribution in [1.82, 2.24) is 0 Å². The Morgan fingerprint density at radius 3 is 1.88 bits per heavy atom. The second-order valence-corrected chi connectivity index (χ2v) is 7.42. The van der Waals surface area contributed by atoms with Gasteiger partial charge in [0.15, 0.2) is 0 Å². The van der Waals surface area contributed by atoms with Crippen molar-refractivity contribution in [1.29, 1.82) is 0 Å². The molecule has 0 aromatic heterocycles. The van der Waals surface area contributed by atoms with E-state index in [1.54, 1.807) is 36.4 Å². The first-order chi connectivity index (χ1) is 8.18. The molecule has 0 spiro atoms. The molecule has 0 saturated heterocycles. The van der Waals surface area contributed by atoms with Gasteiger partial charge in [-0.2, -0.15) is 0 Å². The third-order valence-electron chi connectivity index (χ3n) is 2.31. The predicted molar refractivity (Wildman–Crippen MR) is 68.7 cm³/mol. The Hall–Kier alpha value is -1.70. The molecule has 0 aliphatic heterocycles. The summed E-state index contributed by atoms with van der Waals surface area (Å²) in [6.07, 6.45) is 1.63. The molecule has 0 N–H and O–H groups in total. The van der Waals surface area contributed by atoms with Gasteiger partial charge < -0.3 is 0 Å². The van der Waals surface area contributed by atoms with Crippen molar-refractivity contribution in [3.8, 4) is 0 Å². The average Bonchev–Trinajstić information content (AvgIpc) is 2.39. The molecule has 17 heavy (non-hydrogen) atoms. The van der Waals surface area contributed by atoms with E-state index in [0.29, 0.717) is 4.46 Å². The number of hydrogen-bond acceptors (Lipinski definition) is 2. The summed E-state index contributed by atoms with van der Waals surface area (Å²) < 4.78 is 24.4. The van der Waals surface area contributed by atoms with Gasteiger partial charge in [-0.15, -0.1) is 0 Å². The van der Waals surface area contributed by atoms with Crippen LogP contribution in [0.2, 0.25) is 0 Å². The fourth-order valence-corrected chi connectivity index (χ4v) is 3.58. The van der Waals surface area contributed by atoms with E-state index in [1.807, 2.05) is 30.3 Å². The molecule has 2 aromatic rings. The molecule has 0 aliphatic carbocycles. The van der Waals surface area contributed by atoms with Crippen LogP contribution in [-0.2, 0) is 7.67 Å². The molecule has 0 amide bonds. The van der Waals surface area contributed by atoms with Crippen LogP contribution in [0.4, 0.5) is 0 Å². The summed E-state index contributed by atoms with van der Waals surface area (Å²) in [5.74, 6) is 0. The quantitative estimate of drug-likeness (QED) is 0.814. The Kier molecular flexibility index (Phi) is 3.52. The third-order valence-corrected chi connectivity index (χ3v) is 5.30. The van der Waals surface area contributed by atoms with Gasteiger partial charge in [0.05, 0.1) is 0 Å². The number of benzene rings is 2. The molecule has 0 saturated carbocycles. The van der Waals surface area contributed by atoms with Gasteiger partial charge in [-0.05, 0) is 0 Å². The van der Waals surface area contributed by atoms with Gasteiger partial charge in [0.25, 0.3) is 0 Å². The summed E-state index contributed by atoms with van der Waals surface area (Å²) in [5, 5.41) is 0. The van der Waals surface area contributed by atoms with E-state index < -0.39 is 12.7 Å². The molecule has 2 aromatic carbocycles. The van der Waals surface area contributed by atoms with Crippen LogP contribution in [0.1, 0.15) is 5.56 Å². The zero-order valence-corrected chi connectivity index (χ0v) is 10.9. The molecule has 0 unspecified atom stereocenters. The Bertz CT molecular complexity index is 599. The van der Waals surface area contributed by atoms with Gasteiger partial charge in [-0.25, -0.2) is 0 Å². The van der Waals surface area contributed by atoms with Crippen molar-refractivity contribution < 1.29 is 7.67 Å². The zero-order chi connectivity index (χ0) is 12.1.